The lowest BCUT2D eigenvalue weighted by molar-refractivity contribution is -0.115. The van der Waals surface area contributed by atoms with Gasteiger partial charge in [0, 0.05) is 11.9 Å². The monoisotopic (exact) mass is 360 g/mol. The number of amides is 1. The molecule has 1 amide bonds. The summed E-state index contributed by atoms with van der Waals surface area (Å²) in [6.07, 6.45) is 1.55. The number of rotatable bonds is 4. The fourth-order valence-corrected chi connectivity index (χ4v) is 3.28. The summed E-state index contributed by atoms with van der Waals surface area (Å²) >= 11 is 7.27. The molecule has 2 heterocycles. The molecule has 0 aliphatic heterocycles. The number of aromatic amines is 1. The Morgan fingerprint density at radius 2 is 2.12 bits per heavy atom. The largest absolute Gasteiger partial charge is 0.331 e. The second-order valence-corrected chi connectivity index (χ2v) is 7.40. The number of pyridine rings is 1. The summed E-state index contributed by atoms with van der Waals surface area (Å²) in [4.78, 5) is 24.1. The van der Waals surface area contributed by atoms with Gasteiger partial charge < -0.3 is 10.3 Å². The molecule has 1 atom stereocenters. The minimum absolute atomic E-state index is 0.0709. The van der Waals surface area contributed by atoms with E-state index in [9.17, 15) is 4.79 Å². The molecule has 0 bridgehead atoms. The van der Waals surface area contributed by atoms with E-state index in [1.54, 1.807) is 12.3 Å². The van der Waals surface area contributed by atoms with Crippen molar-refractivity contribution in [3.05, 3.63) is 46.6 Å². The van der Waals surface area contributed by atoms with Crippen molar-refractivity contribution in [2.24, 2.45) is 0 Å². The molecule has 0 spiro atoms. The van der Waals surface area contributed by atoms with Crippen LogP contribution in [0.1, 0.15) is 18.1 Å². The van der Waals surface area contributed by atoms with Crippen LogP contribution in [-0.4, -0.2) is 26.1 Å². The number of carbonyl (C=O) groups excluding carboxylic acids is 1. The first kappa shape index (κ1) is 16.8. The van der Waals surface area contributed by atoms with Gasteiger partial charge in [-0.15, -0.1) is 0 Å². The molecular formula is C17H17ClN4OS. The highest BCUT2D eigenvalue weighted by Gasteiger charge is 2.17. The van der Waals surface area contributed by atoms with Gasteiger partial charge in [0.25, 0.3) is 0 Å². The smallest absolute Gasteiger partial charge is 0.237 e. The quantitative estimate of drug-likeness (QED) is 0.678. The number of aryl methyl sites for hydroxylation is 2. The normalized spacial score (nSPS) is 12.3. The Morgan fingerprint density at radius 1 is 1.33 bits per heavy atom. The average Bonchev–Trinajstić information content (AvgIpc) is 2.91. The van der Waals surface area contributed by atoms with Crippen molar-refractivity contribution >= 4 is 46.1 Å². The Hall–Kier alpha value is -2.05. The summed E-state index contributed by atoms with van der Waals surface area (Å²) in [7, 11) is 0. The standard InChI is InChI=1S/C17H17ClN4OS/c1-9-4-5-13(10(2)6-9)20-16(23)11(3)24-17-21-14-7-12(18)8-19-15(14)22-17/h4-8,11H,1-3H3,(H,20,23)(H,19,21,22)/t11-/m0/s1. The van der Waals surface area contributed by atoms with Gasteiger partial charge in [-0.25, -0.2) is 9.97 Å². The molecule has 24 heavy (non-hydrogen) atoms. The zero-order valence-electron chi connectivity index (χ0n) is 13.6. The van der Waals surface area contributed by atoms with E-state index in [1.165, 1.54) is 17.3 Å². The van der Waals surface area contributed by atoms with Crippen molar-refractivity contribution in [3.8, 4) is 0 Å². The zero-order chi connectivity index (χ0) is 17.3. The molecule has 0 aliphatic carbocycles. The lowest BCUT2D eigenvalue weighted by Gasteiger charge is -2.12. The van der Waals surface area contributed by atoms with Crippen molar-refractivity contribution in [1.29, 1.82) is 0 Å². The predicted octanol–water partition coefficient (Wildman–Crippen LogP) is 4.35. The van der Waals surface area contributed by atoms with Crippen LogP contribution < -0.4 is 5.32 Å². The molecule has 3 aromatic rings. The Morgan fingerprint density at radius 3 is 2.88 bits per heavy atom. The number of halogens is 1. The molecule has 0 fully saturated rings. The van der Waals surface area contributed by atoms with Crippen LogP contribution in [0.25, 0.3) is 11.2 Å². The SMILES string of the molecule is Cc1ccc(NC(=O)[C@H](C)Sc2nc3ncc(Cl)cc3[nH]2)c(C)c1. The van der Waals surface area contributed by atoms with Gasteiger partial charge in [-0.3, -0.25) is 4.79 Å². The van der Waals surface area contributed by atoms with Gasteiger partial charge in [0.1, 0.15) is 0 Å². The lowest BCUT2D eigenvalue weighted by atomic mass is 10.1. The maximum Gasteiger partial charge on any atom is 0.237 e. The summed E-state index contributed by atoms with van der Waals surface area (Å²) in [5.41, 5.74) is 4.39. The third-order valence-corrected chi connectivity index (χ3v) is 4.77. The Kier molecular flexibility index (Phi) is 4.78. The van der Waals surface area contributed by atoms with E-state index in [2.05, 4.69) is 20.3 Å². The van der Waals surface area contributed by atoms with E-state index in [1.807, 2.05) is 39.0 Å². The van der Waals surface area contributed by atoms with Gasteiger partial charge >= 0.3 is 0 Å². The number of nitrogens with one attached hydrogen (secondary N) is 2. The number of imidazole rings is 1. The van der Waals surface area contributed by atoms with Crippen LogP contribution in [0, 0.1) is 13.8 Å². The number of anilines is 1. The van der Waals surface area contributed by atoms with Crippen LogP contribution >= 0.6 is 23.4 Å². The van der Waals surface area contributed by atoms with E-state index in [4.69, 9.17) is 11.6 Å². The van der Waals surface area contributed by atoms with E-state index in [0.29, 0.717) is 15.8 Å². The Balaban J connectivity index is 1.70. The molecule has 2 aromatic heterocycles. The van der Waals surface area contributed by atoms with E-state index >= 15 is 0 Å². The number of fused-ring (bicyclic) bond motifs is 1. The summed E-state index contributed by atoms with van der Waals surface area (Å²) < 4.78 is 0. The molecule has 3 rings (SSSR count). The number of benzene rings is 1. The molecule has 1 aromatic carbocycles. The molecule has 0 radical (unpaired) electrons. The minimum atomic E-state index is -0.304. The van der Waals surface area contributed by atoms with Crippen LogP contribution in [-0.2, 0) is 4.79 Å². The first-order chi connectivity index (χ1) is 11.4. The van der Waals surface area contributed by atoms with Crippen LogP contribution in [0.2, 0.25) is 5.02 Å². The second kappa shape index (κ2) is 6.83. The fraction of sp³-hybridized carbons (Fsp3) is 0.235. The number of H-pyrrole nitrogens is 1. The van der Waals surface area contributed by atoms with Crippen molar-refractivity contribution in [1.82, 2.24) is 15.0 Å². The topological polar surface area (TPSA) is 70.7 Å². The molecule has 0 aliphatic rings. The first-order valence-corrected chi connectivity index (χ1v) is 8.74. The molecule has 124 valence electrons. The van der Waals surface area contributed by atoms with Crippen molar-refractivity contribution < 1.29 is 4.79 Å². The molecule has 0 saturated carbocycles. The molecule has 5 nitrogen and oxygen atoms in total. The van der Waals surface area contributed by atoms with Crippen LogP contribution in [0.15, 0.2) is 35.6 Å². The van der Waals surface area contributed by atoms with Crippen molar-refractivity contribution in [2.45, 2.75) is 31.2 Å². The van der Waals surface area contributed by atoms with Gasteiger partial charge in [0.2, 0.25) is 5.91 Å². The number of carbonyl (C=O) groups is 1. The maximum absolute atomic E-state index is 12.4. The number of hydrogen-bond acceptors (Lipinski definition) is 4. The number of thioether (sulfide) groups is 1. The summed E-state index contributed by atoms with van der Waals surface area (Å²) in [5, 5.41) is 3.84. The number of nitrogens with zero attached hydrogens (tertiary/aromatic N) is 2. The van der Waals surface area contributed by atoms with Crippen LogP contribution in [0.4, 0.5) is 5.69 Å². The fourth-order valence-electron chi connectivity index (χ4n) is 2.32. The minimum Gasteiger partial charge on any atom is -0.331 e. The molecule has 0 saturated heterocycles. The summed E-state index contributed by atoms with van der Waals surface area (Å²) in [5.74, 6) is -0.0709. The molecule has 2 N–H and O–H groups in total. The molecular weight excluding hydrogens is 344 g/mol. The predicted molar refractivity (Wildman–Crippen MR) is 98.8 cm³/mol. The highest BCUT2D eigenvalue weighted by molar-refractivity contribution is 8.00. The van der Waals surface area contributed by atoms with Gasteiger partial charge in [-0.1, -0.05) is 41.1 Å². The highest BCUT2D eigenvalue weighted by Crippen LogP contribution is 2.25. The Labute approximate surface area is 149 Å². The van der Waals surface area contributed by atoms with Crippen molar-refractivity contribution in [2.75, 3.05) is 5.32 Å². The maximum atomic E-state index is 12.4. The van der Waals surface area contributed by atoms with E-state index in [-0.39, 0.29) is 11.2 Å². The summed E-state index contributed by atoms with van der Waals surface area (Å²) in [6.45, 7) is 5.85. The van der Waals surface area contributed by atoms with Gasteiger partial charge in [-0.05, 0) is 38.5 Å². The van der Waals surface area contributed by atoms with Gasteiger partial charge in [-0.2, -0.15) is 0 Å². The number of aromatic nitrogens is 3. The van der Waals surface area contributed by atoms with E-state index < -0.39 is 0 Å². The van der Waals surface area contributed by atoms with E-state index in [0.717, 1.165) is 16.8 Å². The first-order valence-electron chi connectivity index (χ1n) is 7.48. The van der Waals surface area contributed by atoms with Crippen LogP contribution in [0.3, 0.4) is 0 Å². The molecule has 0 unspecified atom stereocenters. The van der Waals surface area contributed by atoms with Crippen molar-refractivity contribution in [3.63, 3.8) is 0 Å². The molecule has 7 heteroatoms. The average molecular weight is 361 g/mol. The highest BCUT2D eigenvalue weighted by atomic mass is 35.5. The third kappa shape index (κ3) is 3.71. The van der Waals surface area contributed by atoms with Crippen LogP contribution in [0.5, 0.6) is 0 Å². The zero-order valence-corrected chi connectivity index (χ0v) is 15.1. The van der Waals surface area contributed by atoms with Gasteiger partial charge in [0.05, 0.1) is 15.8 Å². The van der Waals surface area contributed by atoms with Gasteiger partial charge in [0.15, 0.2) is 10.8 Å². The third-order valence-electron chi connectivity index (χ3n) is 3.58. The Bertz CT molecular complexity index is 909. The second-order valence-electron chi connectivity index (χ2n) is 5.63. The lowest BCUT2D eigenvalue weighted by Crippen LogP contribution is -2.23. The number of hydrogen-bond donors (Lipinski definition) is 2. The summed E-state index contributed by atoms with van der Waals surface area (Å²) in [6, 6.07) is 7.71.